The molecule has 0 atom stereocenters. The van der Waals surface area contributed by atoms with Gasteiger partial charge in [-0.15, -0.1) is 0 Å². The van der Waals surface area contributed by atoms with E-state index in [1.165, 1.54) is 14.0 Å². The molecule has 0 heterocycles. The molecule has 1 aromatic carbocycles. The molecule has 0 N–H and O–H groups in total. The maximum absolute atomic E-state index is 11.0. The molecule has 0 aliphatic carbocycles. The highest BCUT2D eigenvalue weighted by molar-refractivity contribution is 6.43. The Morgan fingerprint density at radius 3 is 2.71 bits per heavy atom. The lowest BCUT2D eigenvalue weighted by molar-refractivity contribution is -0.115. The number of Topliss-reactive ketones (excluding diaryl/α,β-unsaturated/α-hetero) is 1. The van der Waals surface area contributed by atoms with Gasteiger partial charge in [-0.25, -0.2) is 0 Å². The van der Waals surface area contributed by atoms with Crippen molar-refractivity contribution < 1.29 is 14.3 Å². The van der Waals surface area contributed by atoms with Crippen LogP contribution in [0.3, 0.4) is 0 Å². The van der Waals surface area contributed by atoms with Crippen molar-refractivity contribution in [3.8, 4) is 5.75 Å². The van der Waals surface area contributed by atoms with Crippen LogP contribution in [0.4, 0.5) is 0 Å². The summed E-state index contributed by atoms with van der Waals surface area (Å²) in [6.07, 6.45) is 0. The van der Waals surface area contributed by atoms with Gasteiger partial charge in [0.15, 0.2) is 0 Å². The molecular weight excluding hydrogens is 180 g/mol. The van der Waals surface area contributed by atoms with Crippen molar-refractivity contribution in [2.75, 3.05) is 7.11 Å². The minimum atomic E-state index is -0.291. The standard InChI is InChI=1S/C10H10N2O2/c1-7(13)10(12-11)8-4-3-5-9(6-8)14-2/h3-6H,1-2H3. The molecule has 1 aromatic rings. The largest absolute Gasteiger partial charge is 0.497 e. The van der Waals surface area contributed by atoms with E-state index in [0.717, 1.165) is 0 Å². The summed E-state index contributed by atoms with van der Waals surface area (Å²) in [4.78, 5) is 14.0. The molecule has 0 saturated heterocycles. The predicted molar refractivity (Wildman–Crippen MR) is 51.4 cm³/mol. The molecule has 0 spiro atoms. The lowest BCUT2D eigenvalue weighted by Crippen LogP contribution is -2.12. The van der Waals surface area contributed by atoms with E-state index < -0.39 is 0 Å². The van der Waals surface area contributed by atoms with Crippen LogP contribution in [-0.4, -0.2) is 23.4 Å². The topological polar surface area (TPSA) is 62.7 Å². The molecule has 1 rings (SSSR count). The van der Waals surface area contributed by atoms with Crippen LogP contribution in [0.25, 0.3) is 5.53 Å². The molecule has 14 heavy (non-hydrogen) atoms. The van der Waals surface area contributed by atoms with Gasteiger partial charge in [-0.05, 0) is 18.2 Å². The Hall–Kier alpha value is -1.93. The molecule has 4 heteroatoms. The van der Waals surface area contributed by atoms with Gasteiger partial charge in [-0.1, -0.05) is 6.07 Å². The lowest BCUT2D eigenvalue weighted by atomic mass is 10.1. The fourth-order valence-corrected chi connectivity index (χ4v) is 1.10. The van der Waals surface area contributed by atoms with Gasteiger partial charge in [0, 0.05) is 6.92 Å². The Labute approximate surface area is 81.7 Å². The normalized spacial score (nSPS) is 9.00. The lowest BCUT2D eigenvalue weighted by Gasteiger charge is -1.99. The Morgan fingerprint density at radius 1 is 1.50 bits per heavy atom. The SMILES string of the molecule is COc1cccc(C(=[N+]=[N-])C(C)=O)c1. The van der Waals surface area contributed by atoms with Gasteiger partial charge < -0.3 is 10.3 Å². The first-order valence-corrected chi connectivity index (χ1v) is 4.06. The molecule has 0 bridgehead atoms. The Bertz CT molecular complexity index is 406. The molecule has 4 nitrogen and oxygen atoms in total. The highest BCUT2D eigenvalue weighted by atomic mass is 16.5. The molecule has 0 unspecified atom stereocenters. The number of carbonyl (C=O) groups excluding carboxylic acids is 1. The number of ether oxygens (including phenoxy) is 1. The number of hydrogen-bond donors (Lipinski definition) is 0. The second kappa shape index (κ2) is 4.35. The van der Waals surface area contributed by atoms with Crippen LogP contribution >= 0.6 is 0 Å². The van der Waals surface area contributed by atoms with Gasteiger partial charge in [0.1, 0.15) is 5.75 Å². The summed E-state index contributed by atoms with van der Waals surface area (Å²) < 4.78 is 4.98. The summed E-state index contributed by atoms with van der Waals surface area (Å²) in [6.45, 7) is 1.34. The van der Waals surface area contributed by atoms with Crippen molar-refractivity contribution in [1.82, 2.24) is 0 Å². The number of hydrogen-bond acceptors (Lipinski definition) is 2. The van der Waals surface area contributed by atoms with E-state index >= 15 is 0 Å². The number of ketones is 1. The highest BCUT2D eigenvalue weighted by Gasteiger charge is 2.17. The van der Waals surface area contributed by atoms with Crippen molar-refractivity contribution in [2.45, 2.75) is 6.92 Å². The van der Waals surface area contributed by atoms with Crippen LogP contribution in [0.1, 0.15) is 12.5 Å². The zero-order valence-corrected chi connectivity index (χ0v) is 8.02. The maximum atomic E-state index is 11.0. The van der Waals surface area contributed by atoms with E-state index in [4.69, 9.17) is 10.3 Å². The summed E-state index contributed by atoms with van der Waals surface area (Å²) in [5, 5.41) is 0. The highest BCUT2D eigenvalue weighted by Crippen LogP contribution is 2.12. The van der Waals surface area contributed by atoms with Crippen molar-refractivity contribution >= 4 is 11.5 Å². The van der Waals surface area contributed by atoms with Gasteiger partial charge in [0.25, 0.3) is 0 Å². The van der Waals surface area contributed by atoms with E-state index in [1.54, 1.807) is 24.3 Å². The first kappa shape index (κ1) is 10.2. The van der Waals surface area contributed by atoms with Gasteiger partial charge in [-0.2, -0.15) is 4.79 Å². The van der Waals surface area contributed by atoms with Crippen LogP contribution in [-0.2, 0) is 4.79 Å². The van der Waals surface area contributed by atoms with E-state index in [9.17, 15) is 4.79 Å². The number of carbonyl (C=O) groups is 1. The summed E-state index contributed by atoms with van der Waals surface area (Å²) in [5.74, 6) is 0.325. The van der Waals surface area contributed by atoms with Crippen molar-refractivity contribution in [1.29, 1.82) is 0 Å². The number of benzene rings is 1. The molecule has 0 fully saturated rings. The summed E-state index contributed by atoms with van der Waals surface area (Å²) in [5.41, 5.74) is 9.21. The molecule has 0 aromatic heterocycles. The fraction of sp³-hybridized carbons (Fsp3) is 0.200. The van der Waals surface area contributed by atoms with Gasteiger partial charge in [-0.3, -0.25) is 4.79 Å². The second-order valence-electron chi connectivity index (χ2n) is 2.74. The first-order chi connectivity index (χ1) is 6.69. The summed E-state index contributed by atoms with van der Waals surface area (Å²) in [6, 6.07) is 6.79. The third-order valence-corrected chi connectivity index (χ3v) is 1.78. The number of methoxy groups -OCH3 is 1. The average Bonchev–Trinajstić information content (AvgIpc) is 2.19. The van der Waals surface area contributed by atoms with E-state index in [2.05, 4.69) is 4.79 Å². The van der Waals surface area contributed by atoms with Crippen LogP contribution in [0.15, 0.2) is 24.3 Å². The smallest absolute Gasteiger partial charge is 0.364 e. The van der Waals surface area contributed by atoms with Crippen molar-refractivity contribution in [2.24, 2.45) is 0 Å². The minimum Gasteiger partial charge on any atom is -0.497 e. The molecule has 0 radical (unpaired) electrons. The zero-order chi connectivity index (χ0) is 10.6. The quantitative estimate of drug-likeness (QED) is 0.409. The van der Waals surface area contributed by atoms with Crippen LogP contribution in [0.2, 0.25) is 0 Å². The number of nitrogens with zero attached hydrogens (tertiary/aromatic N) is 2. The number of rotatable bonds is 3. The molecule has 0 amide bonds. The minimum absolute atomic E-state index is 0.0314. The third-order valence-electron chi connectivity index (χ3n) is 1.78. The van der Waals surface area contributed by atoms with Crippen molar-refractivity contribution in [3.63, 3.8) is 0 Å². The van der Waals surface area contributed by atoms with Crippen LogP contribution < -0.4 is 4.74 Å². The van der Waals surface area contributed by atoms with E-state index in [0.29, 0.717) is 11.3 Å². The molecule has 0 saturated carbocycles. The van der Waals surface area contributed by atoms with Gasteiger partial charge in [0.05, 0.1) is 12.7 Å². The third kappa shape index (κ3) is 2.06. The average molecular weight is 190 g/mol. The summed E-state index contributed by atoms with van der Waals surface area (Å²) in [7, 11) is 1.53. The van der Waals surface area contributed by atoms with Crippen molar-refractivity contribution in [3.05, 3.63) is 35.4 Å². The van der Waals surface area contributed by atoms with Gasteiger partial charge in [0.2, 0.25) is 5.78 Å². The van der Waals surface area contributed by atoms with Gasteiger partial charge >= 0.3 is 5.71 Å². The van der Waals surface area contributed by atoms with E-state index in [1.807, 2.05) is 0 Å². The molecular formula is C10H10N2O2. The Balaban J connectivity index is 3.18. The maximum Gasteiger partial charge on any atom is 0.364 e. The second-order valence-corrected chi connectivity index (χ2v) is 2.74. The monoisotopic (exact) mass is 190 g/mol. The fourth-order valence-electron chi connectivity index (χ4n) is 1.10. The van der Waals surface area contributed by atoms with Crippen LogP contribution in [0.5, 0.6) is 5.75 Å². The van der Waals surface area contributed by atoms with Crippen LogP contribution in [0, 0.1) is 0 Å². The van der Waals surface area contributed by atoms with E-state index in [-0.39, 0.29) is 11.5 Å². The molecule has 0 aliphatic rings. The molecule has 72 valence electrons. The zero-order valence-electron chi connectivity index (χ0n) is 8.02. The first-order valence-electron chi connectivity index (χ1n) is 4.06. The molecule has 0 aliphatic heterocycles. The Morgan fingerprint density at radius 2 is 2.21 bits per heavy atom. The summed E-state index contributed by atoms with van der Waals surface area (Å²) >= 11 is 0. The predicted octanol–water partition coefficient (Wildman–Crippen LogP) is 1.30. The Kier molecular flexibility index (Phi) is 3.15.